The summed E-state index contributed by atoms with van der Waals surface area (Å²) in [7, 11) is 1.59. The average Bonchev–Trinajstić information content (AvgIpc) is 3.09. The van der Waals surface area contributed by atoms with Gasteiger partial charge in [0.05, 0.1) is 13.2 Å². The lowest BCUT2D eigenvalue weighted by molar-refractivity contribution is 0.0846. The zero-order valence-corrected chi connectivity index (χ0v) is 13.2. The molecule has 1 saturated heterocycles. The lowest BCUT2D eigenvalue weighted by atomic mass is 9.95. The molecular weight excluding hydrogens is 290 g/mol. The Kier molecular flexibility index (Phi) is 4.93. The number of hydrogen-bond donors (Lipinski definition) is 1. The molecule has 2 aromatic rings. The predicted octanol–water partition coefficient (Wildman–Crippen LogP) is 3.20. The second-order valence-electron chi connectivity index (χ2n) is 5.69. The van der Waals surface area contributed by atoms with E-state index in [4.69, 9.17) is 9.47 Å². The first-order valence-corrected chi connectivity index (χ1v) is 7.86. The quantitative estimate of drug-likeness (QED) is 0.922. The highest BCUT2D eigenvalue weighted by Crippen LogP contribution is 2.33. The minimum atomic E-state index is -0.0809. The van der Waals surface area contributed by atoms with Gasteiger partial charge in [0.25, 0.3) is 5.91 Å². The van der Waals surface area contributed by atoms with Crippen molar-refractivity contribution in [2.45, 2.75) is 12.5 Å². The number of nitrogens with one attached hydrogen (secondary N) is 1. The number of methoxy groups -OCH3 is 1. The molecule has 2 aromatic carbocycles. The van der Waals surface area contributed by atoms with Crippen LogP contribution in [0.1, 0.15) is 28.4 Å². The largest absolute Gasteiger partial charge is 0.497 e. The summed E-state index contributed by atoms with van der Waals surface area (Å²) in [5.41, 5.74) is 1.78. The molecule has 23 heavy (non-hydrogen) atoms. The molecule has 1 amide bonds. The van der Waals surface area contributed by atoms with Crippen molar-refractivity contribution in [2.75, 3.05) is 20.3 Å². The molecule has 1 N–H and O–H groups in total. The summed E-state index contributed by atoms with van der Waals surface area (Å²) in [6.45, 7) is 1.34. The summed E-state index contributed by atoms with van der Waals surface area (Å²) in [5, 5.41) is 3.02. The molecular formula is C19H21NO3. The Balaban J connectivity index is 1.62. The summed E-state index contributed by atoms with van der Waals surface area (Å²) in [4.78, 5) is 12.3. The first-order valence-electron chi connectivity index (χ1n) is 7.86. The maximum absolute atomic E-state index is 12.3. The molecule has 0 aromatic heterocycles. The van der Waals surface area contributed by atoms with Crippen LogP contribution in [-0.2, 0) is 4.74 Å². The molecule has 0 spiro atoms. The number of rotatable bonds is 5. The highest BCUT2D eigenvalue weighted by Gasteiger charge is 2.29. The first-order chi connectivity index (χ1) is 11.3. The van der Waals surface area contributed by atoms with Crippen LogP contribution in [0.25, 0.3) is 0 Å². The van der Waals surface area contributed by atoms with E-state index in [0.717, 1.165) is 13.0 Å². The van der Waals surface area contributed by atoms with Crippen LogP contribution in [0.15, 0.2) is 54.6 Å². The number of amides is 1. The monoisotopic (exact) mass is 311 g/mol. The maximum atomic E-state index is 12.3. The molecule has 4 heteroatoms. The van der Waals surface area contributed by atoms with E-state index in [1.165, 1.54) is 5.56 Å². The van der Waals surface area contributed by atoms with Crippen molar-refractivity contribution in [2.24, 2.45) is 5.92 Å². The molecule has 120 valence electrons. The van der Waals surface area contributed by atoms with Crippen molar-refractivity contribution in [3.05, 3.63) is 65.7 Å². The highest BCUT2D eigenvalue weighted by molar-refractivity contribution is 5.94. The summed E-state index contributed by atoms with van der Waals surface area (Å²) in [6.07, 6.45) is 1.01. The maximum Gasteiger partial charge on any atom is 0.251 e. The van der Waals surface area contributed by atoms with E-state index < -0.39 is 0 Å². The molecule has 1 heterocycles. The molecule has 1 aliphatic rings. The van der Waals surface area contributed by atoms with Gasteiger partial charge in [-0.15, -0.1) is 0 Å². The molecule has 2 atom stereocenters. The average molecular weight is 311 g/mol. The standard InChI is InChI=1S/C19H21NO3/c1-22-17-9-5-8-15(12-17)19(21)20-13-16-10-11-23-18(16)14-6-3-2-4-7-14/h2-9,12,16,18H,10-11,13H2,1H3,(H,20,21)/t16-,18-/m1/s1. The van der Waals surface area contributed by atoms with E-state index in [1.54, 1.807) is 19.2 Å². The second-order valence-corrected chi connectivity index (χ2v) is 5.69. The van der Waals surface area contributed by atoms with Crippen LogP contribution in [0.5, 0.6) is 5.75 Å². The third-order valence-electron chi connectivity index (χ3n) is 4.20. The van der Waals surface area contributed by atoms with Crippen LogP contribution in [0.2, 0.25) is 0 Å². The van der Waals surface area contributed by atoms with Crippen LogP contribution < -0.4 is 10.1 Å². The minimum Gasteiger partial charge on any atom is -0.497 e. The van der Waals surface area contributed by atoms with Gasteiger partial charge in [-0.25, -0.2) is 0 Å². The Morgan fingerprint density at radius 1 is 1.22 bits per heavy atom. The van der Waals surface area contributed by atoms with Gasteiger partial charge < -0.3 is 14.8 Å². The van der Waals surface area contributed by atoms with Gasteiger partial charge in [-0.05, 0) is 30.2 Å². The van der Waals surface area contributed by atoms with E-state index in [2.05, 4.69) is 17.4 Å². The Morgan fingerprint density at radius 3 is 2.83 bits per heavy atom. The van der Waals surface area contributed by atoms with E-state index in [-0.39, 0.29) is 12.0 Å². The van der Waals surface area contributed by atoms with Crippen molar-refractivity contribution in [1.29, 1.82) is 0 Å². The fourth-order valence-corrected chi connectivity index (χ4v) is 2.94. The number of ether oxygens (including phenoxy) is 2. The fraction of sp³-hybridized carbons (Fsp3) is 0.316. The third kappa shape index (κ3) is 3.71. The normalized spacial score (nSPS) is 20.2. The van der Waals surface area contributed by atoms with E-state index in [9.17, 15) is 4.79 Å². The van der Waals surface area contributed by atoms with E-state index in [1.807, 2.05) is 30.3 Å². The molecule has 0 aliphatic carbocycles. The van der Waals surface area contributed by atoms with Gasteiger partial charge in [0.1, 0.15) is 5.75 Å². The van der Waals surface area contributed by atoms with Gasteiger partial charge in [-0.3, -0.25) is 4.79 Å². The summed E-state index contributed by atoms with van der Waals surface area (Å²) < 4.78 is 11.0. The fourth-order valence-electron chi connectivity index (χ4n) is 2.94. The van der Waals surface area contributed by atoms with Crippen LogP contribution >= 0.6 is 0 Å². The Hall–Kier alpha value is -2.33. The van der Waals surface area contributed by atoms with Gasteiger partial charge >= 0.3 is 0 Å². The Bertz CT molecular complexity index is 657. The van der Waals surface area contributed by atoms with Crippen molar-refractivity contribution in [1.82, 2.24) is 5.32 Å². The van der Waals surface area contributed by atoms with Crippen LogP contribution in [0.3, 0.4) is 0 Å². The van der Waals surface area contributed by atoms with Gasteiger partial charge in [0.15, 0.2) is 0 Å². The molecule has 1 fully saturated rings. The van der Waals surface area contributed by atoms with E-state index >= 15 is 0 Å². The molecule has 4 nitrogen and oxygen atoms in total. The Labute approximate surface area is 136 Å². The third-order valence-corrected chi connectivity index (χ3v) is 4.20. The molecule has 0 unspecified atom stereocenters. The SMILES string of the molecule is COc1cccc(C(=O)NC[C@H]2CCO[C@@H]2c2ccccc2)c1. The smallest absolute Gasteiger partial charge is 0.251 e. The topological polar surface area (TPSA) is 47.6 Å². The Morgan fingerprint density at radius 2 is 2.04 bits per heavy atom. The van der Waals surface area contributed by atoms with Gasteiger partial charge in [0.2, 0.25) is 0 Å². The molecule has 1 aliphatic heterocycles. The lowest BCUT2D eigenvalue weighted by Crippen LogP contribution is -2.30. The summed E-state index contributed by atoms with van der Waals surface area (Å²) >= 11 is 0. The minimum absolute atomic E-state index is 0.0572. The molecule has 3 rings (SSSR count). The van der Waals surface area contributed by atoms with Crippen molar-refractivity contribution in [3.63, 3.8) is 0 Å². The molecule has 0 bridgehead atoms. The van der Waals surface area contributed by atoms with Gasteiger partial charge in [0, 0.05) is 24.6 Å². The van der Waals surface area contributed by atoms with Crippen molar-refractivity contribution >= 4 is 5.91 Å². The van der Waals surface area contributed by atoms with Crippen LogP contribution in [-0.4, -0.2) is 26.2 Å². The summed E-state index contributed by atoms with van der Waals surface area (Å²) in [5.74, 6) is 0.901. The number of carbonyl (C=O) groups is 1. The summed E-state index contributed by atoms with van der Waals surface area (Å²) in [6, 6.07) is 17.4. The lowest BCUT2D eigenvalue weighted by Gasteiger charge is -2.19. The number of carbonyl (C=O) groups excluding carboxylic acids is 1. The number of benzene rings is 2. The zero-order valence-electron chi connectivity index (χ0n) is 13.2. The number of hydrogen-bond acceptors (Lipinski definition) is 3. The highest BCUT2D eigenvalue weighted by atomic mass is 16.5. The van der Waals surface area contributed by atoms with Crippen LogP contribution in [0.4, 0.5) is 0 Å². The van der Waals surface area contributed by atoms with Crippen LogP contribution in [0, 0.1) is 5.92 Å². The molecule has 0 saturated carbocycles. The van der Waals surface area contributed by atoms with Gasteiger partial charge in [-0.1, -0.05) is 36.4 Å². The van der Waals surface area contributed by atoms with Crippen molar-refractivity contribution in [3.8, 4) is 5.75 Å². The van der Waals surface area contributed by atoms with Crippen molar-refractivity contribution < 1.29 is 14.3 Å². The van der Waals surface area contributed by atoms with Gasteiger partial charge in [-0.2, -0.15) is 0 Å². The van der Waals surface area contributed by atoms with E-state index in [0.29, 0.717) is 23.8 Å². The zero-order chi connectivity index (χ0) is 16.1. The molecule has 0 radical (unpaired) electrons. The first kappa shape index (κ1) is 15.6. The predicted molar refractivity (Wildman–Crippen MR) is 88.6 cm³/mol. The second kappa shape index (κ2) is 7.29.